The third kappa shape index (κ3) is 2.53. The molecule has 0 bridgehead atoms. The van der Waals surface area contributed by atoms with E-state index in [2.05, 4.69) is 15.0 Å². The summed E-state index contributed by atoms with van der Waals surface area (Å²) in [7, 11) is -4.02. The number of hydrogen-bond acceptors (Lipinski definition) is 6. The largest absolute Gasteiger partial charge is 0.505 e. The summed E-state index contributed by atoms with van der Waals surface area (Å²) in [5.74, 6) is -1.21. The molecule has 4 rings (SSSR count). The number of aliphatic hydroxyl groups is 1. The maximum absolute atomic E-state index is 12.7. The van der Waals surface area contributed by atoms with E-state index in [0.29, 0.717) is 10.5 Å². The van der Waals surface area contributed by atoms with E-state index in [1.54, 1.807) is 35.7 Å². The number of aliphatic hydroxyl groups excluding tert-OH is 1. The average molecular weight is 373 g/mol. The third-order valence-corrected chi connectivity index (χ3v) is 5.90. The maximum atomic E-state index is 12.7. The Labute approximate surface area is 146 Å². The number of hydrogen-bond donors (Lipinski definition) is 3. The molecule has 3 aromatic rings. The van der Waals surface area contributed by atoms with Gasteiger partial charge in [0, 0.05) is 22.5 Å². The summed E-state index contributed by atoms with van der Waals surface area (Å²) < 4.78 is 27.6. The molecule has 126 valence electrons. The molecule has 0 saturated heterocycles. The first kappa shape index (κ1) is 15.6. The average Bonchev–Trinajstić information content (AvgIpc) is 3.10. The molecule has 0 unspecified atom stereocenters. The molecular weight excluding hydrogens is 362 g/mol. The van der Waals surface area contributed by atoms with E-state index in [0.717, 1.165) is 5.39 Å². The van der Waals surface area contributed by atoms with Gasteiger partial charge < -0.3 is 5.11 Å². The highest BCUT2D eigenvalue weighted by Gasteiger charge is 2.34. The fraction of sp³-hybridized carbons (Fsp3) is 0. The van der Waals surface area contributed by atoms with Crippen LogP contribution < -0.4 is 10.0 Å². The monoisotopic (exact) mass is 373 g/mol. The molecule has 0 saturated carbocycles. The van der Waals surface area contributed by atoms with Crippen LogP contribution in [0.2, 0.25) is 0 Å². The number of amides is 1. The van der Waals surface area contributed by atoms with Crippen molar-refractivity contribution in [2.75, 3.05) is 5.32 Å². The topological polar surface area (TPSA) is 108 Å². The highest BCUT2D eigenvalue weighted by molar-refractivity contribution is 7.90. The van der Waals surface area contributed by atoms with Gasteiger partial charge in [-0.1, -0.05) is 30.3 Å². The van der Waals surface area contributed by atoms with Crippen molar-refractivity contribution in [1.29, 1.82) is 0 Å². The molecule has 7 nitrogen and oxygen atoms in total. The Bertz CT molecular complexity index is 1140. The summed E-state index contributed by atoms with van der Waals surface area (Å²) in [6.07, 6.45) is 1.50. The molecule has 1 amide bonds. The molecule has 1 aromatic heterocycles. The molecule has 1 aliphatic rings. The molecule has 0 radical (unpaired) electrons. The van der Waals surface area contributed by atoms with Crippen LogP contribution in [-0.4, -0.2) is 24.4 Å². The van der Waals surface area contributed by atoms with Crippen molar-refractivity contribution in [3.63, 3.8) is 0 Å². The molecule has 3 N–H and O–H groups in total. The Morgan fingerprint density at radius 3 is 2.76 bits per heavy atom. The number of carbonyl (C=O) groups is 1. The quantitative estimate of drug-likeness (QED) is 0.639. The van der Waals surface area contributed by atoms with Crippen LogP contribution in [0.3, 0.4) is 0 Å². The van der Waals surface area contributed by atoms with Gasteiger partial charge in [-0.25, -0.2) is 13.4 Å². The van der Waals surface area contributed by atoms with Crippen molar-refractivity contribution in [2.45, 2.75) is 4.90 Å². The summed E-state index contributed by atoms with van der Waals surface area (Å²) in [4.78, 5) is 16.2. The fourth-order valence-electron chi connectivity index (χ4n) is 2.69. The Morgan fingerprint density at radius 1 is 1.20 bits per heavy atom. The lowest BCUT2D eigenvalue weighted by Gasteiger charge is -2.22. The van der Waals surface area contributed by atoms with Crippen LogP contribution in [0, 0.1) is 0 Å². The Hall–Kier alpha value is -2.91. The highest BCUT2D eigenvalue weighted by Crippen LogP contribution is 2.35. The summed E-state index contributed by atoms with van der Waals surface area (Å²) in [6, 6.07) is 10.1. The smallest absolute Gasteiger partial charge is 0.278 e. The van der Waals surface area contributed by atoms with Crippen molar-refractivity contribution in [2.24, 2.45) is 0 Å². The minimum atomic E-state index is -4.02. The molecule has 0 spiro atoms. The van der Waals surface area contributed by atoms with Gasteiger partial charge in [-0.2, -0.15) is 0 Å². The van der Waals surface area contributed by atoms with Crippen LogP contribution in [-0.2, 0) is 14.8 Å². The minimum Gasteiger partial charge on any atom is -0.505 e. The zero-order valence-corrected chi connectivity index (χ0v) is 14.2. The van der Waals surface area contributed by atoms with E-state index in [9.17, 15) is 18.3 Å². The van der Waals surface area contributed by atoms with Gasteiger partial charge in [-0.3, -0.25) is 14.8 Å². The number of carbonyl (C=O) groups excluding carboxylic acids is 1. The summed E-state index contributed by atoms with van der Waals surface area (Å²) >= 11 is 1.18. The lowest BCUT2D eigenvalue weighted by Crippen LogP contribution is -2.35. The third-order valence-electron chi connectivity index (χ3n) is 3.76. The van der Waals surface area contributed by atoms with Crippen molar-refractivity contribution >= 4 is 48.9 Å². The van der Waals surface area contributed by atoms with Gasteiger partial charge in [-0.15, -0.1) is 11.3 Å². The molecule has 0 aliphatic carbocycles. The number of thiazole rings is 1. The van der Waals surface area contributed by atoms with Crippen LogP contribution in [0.1, 0.15) is 5.56 Å². The van der Waals surface area contributed by atoms with E-state index < -0.39 is 27.4 Å². The van der Waals surface area contributed by atoms with Crippen molar-refractivity contribution < 1.29 is 18.3 Å². The second-order valence-corrected chi connectivity index (χ2v) is 7.80. The molecule has 25 heavy (non-hydrogen) atoms. The number of fused-ring (bicyclic) bond motifs is 3. The first-order valence-electron chi connectivity index (χ1n) is 7.16. The number of aromatic nitrogens is 1. The van der Waals surface area contributed by atoms with E-state index in [4.69, 9.17) is 0 Å². The molecular formula is C16H11N3O4S2. The van der Waals surface area contributed by atoms with Crippen LogP contribution in [0.15, 0.2) is 58.6 Å². The molecule has 9 heteroatoms. The Morgan fingerprint density at radius 2 is 2.00 bits per heavy atom. The van der Waals surface area contributed by atoms with Gasteiger partial charge in [0.1, 0.15) is 4.90 Å². The first-order chi connectivity index (χ1) is 12.0. The van der Waals surface area contributed by atoms with Gasteiger partial charge in [-0.05, 0) is 11.5 Å². The lowest BCUT2D eigenvalue weighted by molar-refractivity contribution is -0.113. The van der Waals surface area contributed by atoms with Gasteiger partial charge in [0.05, 0.1) is 0 Å². The maximum Gasteiger partial charge on any atom is 0.278 e. The first-order valence-corrected chi connectivity index (χ1v) is 9.53. The summed E-state index contributed by atoms with van der Waals surface area (Å²) in [5.41, 5.74) is -0.347. The van der Waals surface area contributed by atoms with Gasteiger partial charge in [0.15, 0.2) is 16.6 Å². The van der Waals surface area contributed by atoms with E-state index in [1.165, 1.54) is 23.6 Å². The standard InChI is InChI=1S/C16H11N3O4S2/c20-13-11-6-5-9-3-1-2-4-10(9)14(11)25(22,23)19-12(13)15(21)18-16-17-7-8-24-16/h1-8,19-20H,(H,17,18,21). The molecule has 0 atom stereocenters. The Balaban J connectivity index is 1.89. The molecule has 2 aromatic carbocycles. The van der Waals surface area contributed by atoms with Gasteiger partial charge in [0.2, 0.25) is 0 Å². The highest BCUT2D eigenvalue weighted by atomic mass is 32.2. The second-order valence-electron chi connectivity index (χ2n) is 5.28. The number of nitrogens with one attached hydrogen (secondary N) is 2. The van der Waals surface area contributed by atoms with E-state index >= 15 is 0 Å². The van der Waals surface area contributed by atoms with Crippen LogP contribution in [0.25, 0.3) is 16.5 Å². The van der Waals surface area contributed by atoms with Crippen LogP contribution in [0.5, 0.6) is 0 Å². The van der Waals surface area contributed by atoms with Crippen LogP contribution >= 0.6 is 11.3 Å². The van der Waals surface area contributed by atoms with Crippen molar-refractivity contribution in [3.8, 4) is 0 Å². The minimum absolute atomic E-state index is 0.0473. The zero-order chi connectivity index (χ0) is 17.6. The summed E-state index contributed by atoms with van der Waals surface area (Å²) in [5, 5.41) is 16.1. The number of nitrogens with zero attached hydrogens (tertiary/aromatic N) is 1. The molecule has 2 heterocycles. The lowest BCUT2D eigenvalue weighted by atomic mass is 10.0. The molecule has 1 aliphatic heterocycles. The van der Waals surface area contributed by atoms with Crippen LogP contribution in [0.4, 0.5) is 5.13 Å². The number of sulfonamides is 1. The fourth-order valence-corrected chi connectivity index (χ4v) is 4.70. The SMILES string of the molecule is O=C(Nc1nccs1)C1=C(O)c2ccc3ccccc3c2S(=O)(=O)N1. The Kier molecular flexibility index (Phi) is 3.48. The number of anilines is 1. The number of rotatable bonds is 2. The van der Waals surface area contributed by atoms with Crippen molar-refractivity contribution in [1.82, 2.24) is 9.71 Å². The predicted molar refractivity (Wildman–Crippen MR) is 94.6 cm³/mol. The molecule has 0 fully saturated rings. The van der Waals surface area contributed by atoms with E-state index in [-0.39, 0.29) is 10.5 Å². The van der Waals surface area contributed by atoms with E-state index in [1.807, 2.05) is 0 Å². The normalized spacial score (nSPS) is 15.5. The second kappa shape index (κ2) is 5.57. The predicted octanol–water partition coefficient (Wildman–Crippen LogP) is 2.45. The number of benzene rings is 2. The van der Waals surface area contributed by atoms with Gasteiger partial charge in [0.25, 0.3) is 15.9 Å². The van der Waals surface area contributed by atoms with Gasteiger partial charge >= 0.3 is 0 Å². The summed E-state index contributed by atoms with van der Waals surface area (Å²) in [6.45, 7) is 0. The zero-order valence-electron chi connectivity index (χ0n) is 12.6. The van der Waals surface area contributed by atoms with Crippen molar-refractivity contribution in [3.05, 3.63) is 59.2 Å².